The Kier molecular flexibility index (Phi) is 4.80. The standard InChI is InChI=1S/C18H19BO5/c1-2-11-10-13-14(20)8-9-15(21)16(13)18(17(11)22)24-19(23)12-6-4-3-5-7-12/h3-9,11,17-18,22-23H,2,10H2,1H3/t11-,17-,18+/m1/s1. The molecule has 0 aliphatic heterocycles. The van der Waals surface area contributed by atoms with Crippen LogP contribution in [0.25, 0.3) is 0 Å². The van der Waals surface area contributed by atoms with Crippen LogP contribution in [0.2, 0.25) is 0 Å². The fourth-order valence-corrected chi connectivity index (χ4v) is 3.32. The molecule has 124 valence electrons. The van der Waals surface area contributed by atoms with E-state index in [0.29, 0.717) is 23.9 Å². The number of hydrogen-bond donors (Lipinski definition) is 2. The Morgan fingerprint density at radius 1 is 1.17 bits per heavy atom. The molecule has 2 aliphatic carbocycles. The molecule has 0 spiro atoms. The number of aliphatic hydroxyl groups is 1. The van der Waals surface area contributed by atoms with Crippen molar-refractivity contribution in [3.05, 3.63) is 53.6 Å². The summed E-state index contributed by atoms with van der Waals surface area (Å²) in [6, 6.07) is 8.72. The van der Waals surface area contributed by atoms with Gasteiger partial charge < -0.3 is 14.8 Å². The minimum absolute atomic E-state index is 0.176. The van der Waals surface area contributed by atoms with Crippen molar-refractivity contribution in [3.63, 3.8) is 0 Å². The molecule has 3 atom stereocenters. The molecule has 0 saturated carbocycles. The Morgan fingerprint density at radius 2 is 1.83 bits per heavy atom. The van der Waals surface area contributed by atoms with Gasteiger partial charge in [-0.1, -0.05) is 43.7 Å². The summed E-state index contributed by atoms with van der Waals surface area (Å²) in [7, 11) is -1.29. The topological polar surface area (TPSA) is 83.8 Å². The molecule has 0 fully saturated rings. The molecule has 2 aliphatic rings. The maximum atomic E-state index is 12.3. The quantitative estimate of drug-likeness (QED) is 0.624. The number of benzene rings is 1. The van der Waals surface area contributed by atoms with Gasteiger partial charge in [0.15, 0.2) is 11.6 Å². The third-order valence-electron chi connectivity index (χ3n) is 4.70. The number of hydrogen-bond acceptors (Lipinski definition) is 5. The molecule has 0 amide bonds. The summed E-state index contributed by atoms with van der Waals surface area (Å²) in [4.78, 5) is 24.4. The first-order chi connectivity index (χ1) is 11.5. The van der Waals surface area contributed by atoms with Crippen LogP contribution in [0.5, 0.6) is 0 Å². The third kappa shape index (κ3) is 3.00. The zero-order valence-corrected chi connectivity index (χ0v) is 13.4. The van der Waals surface area contributed by atoms with Crippen molar-refractivity contribution >= 4 is 24.1 Å². The highest BCUT2D eigenvalue weighted by molar-refractivity contribution is 6.60. The van der Waals surface area contributed by atoms with E-state index in [4.69, 9.17) is 4.65 Å². The lowest BCUT2D eigenvalue weighted by atomic mass is 9.72. The average molecular weight is 326 g/mol. The molecular formula is C18H19BO5. The zero-order chi connectivity index (χ0) is 17.3. The smallest absolute Gasteiger partial charge is 0.423 e. The lowest BCUT2D eigenvalue weighted by Crippen LogP contribution is -2.49. The van der Waals surface area contributed by atoms with Gasteiger partial charge in [0.2, 0.25) is 0 Å². The second-order valence-corrected chi connectivity index (χ2v) is 6.14. The first kappa shape index (κ1) is 16.8. The molecule has 1 aromatic rings. The molecule has 0 saturated heterocycles. The second kappa shape index (κ2) is 6.85. The van der Waals surface area contributed by atoms with Gasteiger partial charge in [0.05, 0.1) is 12.2 Å². The van der Waals surface area contributed by atoms with Gasteiger partial charge in [-0.05, 0) is 30.0 Å². The Balaban J connectivity index is 1.95. The molecule has 0 unspecified atom stereocenters. The molecule has 3 rings (SSSR count). The van der Waals surface area contributed by atoms with Gasteiger partial charge in [-0.15, -0.1) is 0 Å². The minimum Gasteiger partial charge on any atom is -0.423 e. The monoisotopic (exact) mass is 326 g/mol. The fraction of sp³-hybridized carbons (Fsp3) is 0.333. The van der Waals surface area contributed by atoms with E-state index in [0.717, 1.165) is 0 Å². The predicted molar refractivity (Wildman–Crippen MR) is 89.5 cm³/mol. The van der Waals surface area contributed by atoms with Crippen LogP contribution in [0.3, 0.4) is 0 Å². The zero-order valence-electron chi connectivity index (χ0n) is 13.4. The van der Waals surface area contributed by atoms with Crippen LogP contribution in [0.1, 0.15) is 19.8 Å². The normalized spacial score (nSPS) is 26.5. The predicted octanol–water partition coefficient (Wildman–Crippen LogP) is 0.555. The van der Waals surface area contributed by atoms with Crippen molar-refractivity contribution in [3.8, 4) is 0 Å². The molecular weight excluding hydrogens is 307 g/mol. The Labute approximate surface area is 140 Å². The van der Waals surface area contributed by atoms with Gasteiger partial charge >= 0.3 is 7.12 Å². The van der Waals surface area contributed by atoms with E-state index in [1.807, 2.05) is 13.0 Å². The van der Waals surface area contributed by atoms with Crippen molar-refractivity contribution < 1.29 is 24.4 Å². The molecule has 0 bridgehead atoms. The van der Waals surface area contributed by atoms with Crippen LogP contribution < -0.4 is 5.46 Å². The highest BCUT2D eigenvalue weighted by Crippen LogP contribution is 2.36. The summed E-state index contributed by atoms with van der Waals surface area (Å²) in [6.07, 6.45) is 1.49. The molecule has 0 radical (unpaired) electrons. The molecule has 5 nitrogen and oxygen atoms in total. The van der Waals surface area contributed by atoms with Crippen molar-refractivity contribution in [2.24, 2.45) is 5.92 Å². The summed E-state index contributed by atoms with van der Waals surface area (Å²) < 4.78 is 5.65. The second-order valence-electron chi connectivity index (χ2n) is 6.14. The fourth-order valence-electron chi connectivity index (χ4n) is 3.32. The minimum atomic E-state index is -1.29. The van der Waals surface area contributed by atoms with Crippen molar-refractivity contribution in [2.45, 2.75) is 32.0 Å². The van der Waals surface area contributed by atoms with Gasteiger partial charge in [0.25, 0.3) is 0 Å². The molecule has 1 aromatic carbocycles. The summed E-state index contributed by atoms with van der Waals surface area (Å²) in [6.45, 7) is 1.91. The van der Waals surface area contributed by atoms with Gasteiger partial charge in [-0.2, -0.15) is 0 Å². The van der Waals surface area contributed by atoms with Crippen LogP contribution in [-0.4, -0.2) is 41.0 Å². The first-order valence-corrected chi connectivity index (χ1v) is 8.09. The largest absolute Gasteiger partial charge is 0.491 e. The summed E-state index contributed by atoms with van der Waals surface area (Å²) >= 11 is 0. The Morgan fingerprint density at radius 3 is 2.50 bits per heavy atom. The van der Waals surface area contributed by atoms with Crippen LogP contribution in [0.4, 0.5) is 0 Å². The van der Waals surface area contributed by atoms with Gasteiger partial charge in [0, 0.05) is 11.1 Å². The summed E-state index contributed by atoms with van der Waals surface area (Å²) in [5, 5.41) is 20.9. The highest BCUT2D eigenvalue weighted by atomic mass is 16.5. The number of allylic oxidation sites excluding steroid dienone is 3. The number of carbonyl (C=O) groups is 2. The van der Waals surface area contributed by atoms with E-state index >= 15 is 0 Å². The first-order valence-electron chi connectivity index (χ1n) is 8.09. The Bertz CT molecular complexity index is 709. The van der Waals surface area contributed by atoms with E-state index in [2.05, 4.69) is 0 Å². The molecule has 0 aromatic heterocycles. The van der Waals surface area contributed by atoms with Crippen molar-refractivity contribution in [1.29, 1.82) is 0 Å². The number of rotatable bonds is 4. The van der Waals surface area contributed by atoms with Crippen LogP contribution in [0, 0.1) is 5.92 Å². The molecule has 6 heteroatoms. The number of aliphatic hydroxyl groups excluding tert-OH is 1. The maximum Gasteiger partial charge on any atom is 0.491 e. The maximum absolute atomic E-state index is 12.3. The van der Waals surface area contributed by atoms with E-state index in [-0.39, 0.29) is 23.1 Å². The van der Waals surface area contributed by atoms with E-state index in [9.17, 15) is 19.7 Å². The molecule has 0 heterocycles. The van der Waals surface area contributed by atoms with Crippen LogP contribution in [0.15, 0.2) is 53.6 Å². The van der Waals surface area contributed by atoms with Gasteiger partial charge in [-0.25, -0.2) is 0 Å². The lowest BCUT2D eigenvalue weighted by Gasteiger charge is -2.38. The molecule has 24 heavy (non-hydrogen) atoms. The van der Waals surface area contributed by atoms with Crippen molar-refractivity contribution in [2.75, 3.05) is 0 Å². The van der Waals surface area contributed by atoms with Crippen LogP contribution in [-0.2, 0) is 14.2 Å². The lowest BCUT2D eigenvalue weighted by molar-refractivity contribution is -0.118. The number of ketones is 2. The van der Waals surface area contributed by atoms with Crippen molar-refractivity contribution in [1.82, 2.24) is 0 Å². The Hall–Kier alpha value is -2.02. The average Bonchev–Trinajstić information content (AvgIpc) is 2.60. The summed E-state index contributed by atoms with van der Waals surface area (Å²) in [5.74, 6) is -0.763. The SMILES string of the molecule is CC[C@@H]1CC2=C(C(=O)C=CC2=O)[C@H](OB(O)c2ccccc2)[C@@H]1O. The van der Waals surface area contributed by atoms with E-state index < -0.39 is 19.3 Å². The van der Waals surface area contributed by atoms with E-state index in [1.165, 1.54) is 12.2 Å². The van der Waals surface area contributed by atoms with Crippen LogP contribution >= 0.6 is 0 Å². The third-order valence-corrected chi connectivity index (χ3v) is 4.70. The van der Waals surface area contributed by atoms with Gasteiger partial charge in [-0.3, -0.25) is 9.59 Å². The molecule has 2 N–H and O–H groups in total. The van der Waals surface area contributed by atoms with Gasteiger partial charge in [0.1, 0.15) is 0 Å². The van der Waals surface area contributed by atoms with E-state index in [1.54, 1.807) is 24.3 Å². The summed E-state index contributed by atoms with van der Waals surface area (Å²) in [5.41, 5.74) is 1.09. The number of carbonyl (C=O) groups excluding carboxylic acids is 2. The highest BCUT2D eigenvalue weighted by Gasteiger charge is 2.43.